The first-order valence-electron chi connectivity index (χ1n) is 5.45. The van der Waals surface area contributed by atoms with Crippen LogP contribution in [0, 0.1) is 0 Å². The fraction of sp³-hybridized carbons (Fsp3) is 0.600. The maximum Gasteiger partial charge on any atom is 0.243 e. The summed E-state index contributed by atoms with van der Waals surface area (Å²) in [5, 5.41) is 5.36. The van der Waals surface area contributed by atoms with E-state index in [-0.39, 0.29) is 24.4 Å². The molecule has 1 aromatic heterocycles. The number of hydrogen-bond acceptors (Lipinski definition) is 5. The van der Waals surface area contributed by atoms with Gasteiger partial charge >= 0.3 is 0 Å². The molecule has 2 rings (SSSR count). The van der Waals surface area contributed by atoms with Crippen LogP contribution in [0.2, 0.25) is 0 Å². The van der Waals surface area contributed by atoms with Crippen LogP contribution < -0.4 is 11.1 Å². The van der Waals surface area contributed by atoms with Crippen molar-refractivity contribution >= 4 is 34.8 Å². The van der Waals surface area contributed by atoms with Crippen LogP contribution in [-0.4, -0.2) is 41.5 Å². The molecule has 1 aromatic rings. The van der Waals surface area contributed by atoms with Gasteiger partial charge in [-0.1, -0.05) is 0 Å². The van der Waals surface area contributed by atoms with E-state index >= 15 is 0 Å². The zero-order chi connectivity index (χ0) is 11.4. The number of nitrogens with one attached hydrogen (secondary N) is 1. The quantitative estimate of drug-likeness (QED) is 0.858. The van der Waals surface area contributed by atoms with Crippen molar-refractivity contribution in [1.29, 1.82) is 0 Å². The molecule has 2 heterocycles. The second kappa shape index (κ2) is 6.90. The fourth-order valence-electron chi connectivity index (χ4n) is 2.03. The molecule has 3 N–H and O–H groups in total. The van der Waals surface area contributed by atoms with Crippen molar-refractivity contribution in [2.24, 2.45) is 5.73 Å². The third-order valence-corrected chi connectivity index (χ3v) is 3.43. The number of thiazole rings is 1. The third-order valence-electron chi connectivity index (χ3n) is 2.75. The molecule has 1 amide bonds. The summed E-state index contributed by atoms with van der Waals surface area (Å²) in [6, 6.07) is -0.0348. The Morgan fingerprint density at radius 3 is 3.18 bits per heavy atom. The topological polar surface area (TPSA) is 71.2 Å². The van der Waals surface area contributed by atoms with E-state index in [1.807, 2.05) is 5.38 Å². The Kier molecular flexibility index (Phi) is 5.84. The number of carbonyl (C=O) groups is 1. The van der Waals surface area contributed by atoms with E-state index in [2.05, 4.69) is 15.2 Å². The van der Waals surface area contributed by atoms with Gasteiger partial charge in [-0.3, -0.25) is 9.69 Å². The van der Waals surface area contributed by atoms with Gasteiger partial charge in [0.25, 0.3) is 0 Å². The highest BCUT2D eigenvalue weighted by Crippen LogP contribution is 2.19. The minimum atomic E-state index is -0.0348. The molecular weight excluding hydrogens is 260 g/mol. The molecule has 96 valence electrons. The molecular formula is C10H17ClN4OS. The lowest BCUT2D eigenvalue weighted by atomic mass is 10.2. The number of nitrogens with two attached hydrogens (primary N) is 1. The average molecular weight is 277 g/mol. The van der Waals surface area contributed by atoms with E-state index in [1.165, 1.54) is 11.3 Å². The van der Waals surface area contributed by atoms with Crippen LogP contribution in [0.4, 0.5) is 5.13 Å². The molecule has 1 atom stereocenters. The van der Waals surface area contributed by atoms with Gasteiger partial charge in [-0.2, -0.15) is 0 Å². The van der Waals surface area contributed by atoms with Crippen LogP contribution in [0.1, 0.15) is 12.8 Å². The highest BCUT2D eigenvalue weighted by Gasteiger charge is 2.30. The van der Waals surface area contributed by atoms with Gasteiger partial charge in [0.15, 0.2) is 5.13 Å². The summed E-state index contributed by atoms with van der Waals surface area (Å²) in [6.45, 7) is 2.35. The number of hydrogen-bond donors (Lipinski definition) is 2. The van der Waals surface area contributed by atoms with Crippen LogP contribution >= 0.6 is 23.7 Å². The van der Waals surface area contributed by atoms with E-state index < -0.39 is 0 Å². The molecule has 7 heteroatoms. The fourth-order valence-corrected chi connectivity index (χ4v) is 2.56. The van der Waals surface area contributed by atoms with Crippen molar-refractivity contribution in [2.75, 3.05) is 25.0 Å². The van der Waals surface area contributed by atoms with Crippen molar-refractivity contribution in [3.8, 4) is 0 Å². The lowest BCUT2D eigenvalue weighted by Crippen LogP contribution is -2.41. The molecule has 0 aliphatic carbocycles. The number of aromatic nitrogens is 1. The SMILES string of the molecule is Cl.NCCN1CCCC1C(=O)Nc1nccs1. The van der Waals surface area contributed by atoms with Crippen molar-refractivity contribution in [3.05, 3.63) is 11.6 Å². The molecule has 0 bridgehead atoms. The van der Waals surface area contributed by atoms with Crippen LogP contribution in [-0.2, 0) is 4.79 Å². The molecule has 0 saturated carbocycles. The number of amides is 1. The Hall–Kier alpha value is -0.690. The maximum absolute atomic E-state index is 12.0. The Morgan fingerprint density at radius 2 is 2.53 bits per heavy atom. The monoisotopic (exact) mass is 276 g/mol. The van der Waals surface area contributed by atoms with Gasteiger partial charge in [-0.05, 0) is 19.4 Å². The smallest absolute Gasteiger partial charge is 0.243 e. The minimum Gasteiger partial charge on any atom is -0.329 e. The van der Waals surface area contributed by atoms with Gasteiger partial charge < -0.3 is 11.1 Å². The Bertz CT molecular complexity index is 346. The molecule has 1 aliphatic heterocycles. The summed E-state index contributed by atoms with van der Waals surface area (Å²) in [6.07, 6.45) is 3.67. The first kappa shape index (κ1) is 14.4. The average Bonchev–Trinajstić information content (AvgIpc) is 2.89. The van der Waals surface area contributed by atoms with E-state index in [1.54, 1.807) is 6.20 Å². The van der Waals surface area contributed by atoms with E-state index in [4.69, 9.17) is 5.73 Å². The standard InChI is InChI=1S/C10H16N4OS.ClH/c11-3-6-14-5-1-2-8(14)9(15)13-10-12-4-7-16-10;/h4,7-8H,1-3,5-6,11H2,(H,12,13,15);1H. The van der Waals surface area contributed by atoms with Crippen molar-refractivity contribution in [3.63, 3.8) is 0 Å². The molecule has 1 fully saturated rings. The molecule has 17 heavy (non-hydrogen) atoms. The number of rotatable bonds is 4. The van der Waals surface area contributed by atoms with Gasteiger partial charge in [0, 0.05) is 24.7 Å². The highest BCUT2D eigenvalue weighted by atomic mass is 35.5. The lowest BCUT2D eigenvalue weighted by molar-refractivity contribution is -0.120. The van der Waals surface area contributed by atoms with Crippen molar-refractivity contribution in [2.45, 2.75) is 18.9 Å². The molecule has 1 aliphatic rings. The Labute approximate surface area is 111 Å². The van der Waals surface area contributed by atoms with Gasteiger partial charge in [-0.25, -0.2) is 4.98 Å². The van der Waals surface area contributed by atoms with Gasteiger partial charge in [0.05, 0.1) is 6.04 Å². The number of carbonyl (C=O) groups excluding carboxylic acids is 1. The molecule has 1 unspecified atom stereocenters. The van der Waals surface area contributed by atoms with Crippen LogP contribution in [0.3, 0.4) is 0 Å². The number of anilines is 1. The van der Waals surface area contributed by atoms with Crippen LogP contribution in [0.15, 0.2) is 11.6 Å². The predicted molar refractivity (Wildman–Crippen MR) is 71.6 cm³/mol. The zero-order valence-corrected chi connectivity index (χ0v) is 11.1. The number of halogens is 1. The molecule has 1 saturated heterocycles. The van der Waals surface area contributed by atoms with E-state index in [0.717, 1.165) is 25.9 Å². The normalized spacial score (nSPS) is 19.9. The maximum atomic E-state index is 12.0. The van der Waals surface area contributed by atoms with Gasteiger partial charge in [-0.15, -0.1) is 23.7 Å². The van der Waals surface area contributed by atoms with Gasteiger partial charge in [0.1, 0.15) is 0 Å². The highest BCUT2D eigenvalue weighted by molar-refractivity contribution is 7.13. The summed E-state index contributed by atoms with van der Waals surface area (Å²) in [7, 11) is 0. The molecule has 0 spiro atoms. The summed E-state index contributed by atoms with van der Waals surface area (Å²) in [5.74, 6) is 0.0425. The summed E-state index contributed by atoms with van der Waals surface area (Å²) in [4.78, 5) is 18.2. The van der Waals surface area contributed by atoms with E-state index in [9.17, 15) is 4.79 Å². The summed E-state index contributed by atoms with van der Waals surface area (Å²) < 4.78 is 0. The van der Waals surface area contributed by atoms with Crippen molar-refractivity contribution in [1.82, 2.24) is 9.88 Å². The van der Waals surface area contributed by atoms with Crippen molar-refractivity contribution < 1.29 is 4.79 Å². The second-order valence-electron chi connectivity index (χ2n) is 3.81. The zero-order valence-electron chi connectivity index (χ0n) is 9.46. The first-order chi connectivity index (χ1) is 7.81. The Balaban J connectivity index is 0.00000144. The Morgan fingerprint density at radius 1 is 1.71 bits per heavy atom. The first-order valence-corrected chi connectivity index (χ1v) is 6.33. The van der Waals surface area contributed by atoms with Crippen LogP contribution in [0.25, 0.3) is 0 Å². The molecule has 0 radical (unpaired) electrons. The van der Waals surface area contributed by atoms with E-state index in [0.29, 0.717) is 11.7 Å². The number of nitrogens with zero attached hydrogens (tertiary/aromatic N) is 2. The predicted octanol–water partition coefficient (Wildman–Crippen LogP) is 0.926. The third kappa shape index (κ3) is 3.64. The van der Waals surface area contributed by atoms with Gasteiger partial charge in [0.2, 0.25) is 5.91 Å². The second-order valence-corrected chi connectivity index (χ2v) is 4.70. The van der Waals surface area contributed by atoms with Crippen LogP contribution in [0.5, 0.6) is 0 Å². The summed E-state index contributed by atoms with van der Waals surface area (Å²) >= 11 is 1.44. The lowest BCUT2D eigenvalue weighted by Gasteiger charge is -2.22. The molecule has 0 aromatic carbocycles. The minimum absolute atomic E-state index is 0. The summed E-state index contributed by atoms with van der Waals surface area (Å²) in [5.41, 5.74) is 5.52. The number of likely N-dealkylation sites (tertiary alicyclic amines) is 1. The largest absolute Gasteiger partial charge is 0.329 e. The molecule has 5 nitrogen and oxygen atoms in total.